The normalized spacial score (nSPS) is 26.3. The van der Waals surface area contributed by atoms with Crippen LogP contribution in [-0.4, -0.2) is 60.2 Å². The second kappa shape index (κ2) is 9.32. The number of aliphatic hydroxyl groups excluding tert-OH is 1. The zero-order chi connectivity index (χ0) is 25.0. The molecule has 2 aliphatic rings. The summed E-state index contributed by atoms with van der Waals surface area (Å²) >= 11 is 6.25. The van der Waals surface area contributed by atoms with Gasteiger partial charge in [-0.1, -0.05) is 11.6 Å². The molecule has 3 aromatic heterocycles. The number of aromatic nitrogens is 5. The van der Waals surface area contributed by atoms with Crippen LogP contribution in [0.15, 0.2) is 30.7 Å². The molecule has 4 aromatic rings. The molecule has 2 saturated carbocycles. The monoisotopic (exact) mass is 507 g/mol. The maximum absolute atomic E-state index is 10.8. The number of halogens is 1. The van der Waals surface area contributed by atoms with Crippen molar-refractivity contribution in [1.29, 1.82) is 0 Å². The summed E-state index contributed by atoms with van der Waals surface area (Å²) in [6.07, 6.45) is 9.50. The number of rotatable bonds is 7. The average molecular weight is 508 g/mol. The predicted octanol–water partition coefficient (Wildman–Crippen LogP) is 4.51. The van der Waals surface area contributed by atoms with E-state index in [0.29, 0.717) is 11.9 Å². The van der Waals surface area contributed by atoms with E-state index in [-0.39, 0.29) is 18.1 Å². The van der Waals surface area contributed by atoms with Crippen LogP contribution in [0.2, 0.25) is 5.02 Å². The molecule has 190 valence electrons. The van der Waals surface area contributed by atoms with E-state index in [2.05, 4.69) is 37.5 Å². The Morgan fingerprint density at radius 1 is 1.22 bits per heavy atom. The Morgan fingerprint density at radius 2 is 2.06 bits per heavy atom. The highest BCUT2D eigenvalue weighted by Crippen LogP contribution is 2.40. The van der Waals surface area contributed by atoms with Crippen LogP contribution in [0.3, 0.4) is 0 Å². The van der Waals surface area contributed by atoms with Crippen LogP contribution >= 0.6 is 11.6 Å². The molecular formula is C27H34ClN7O. The minimum atomic E-state index is -0.296. The smallest absolute Gasteiger partial charge is 0.145 e. The number of nitrogens with zero attached hydrogens (tertiary/aromatic N) is 5. The van der Waals surface area contributed by atoms with Gasteiger partial charge in [-0.25, -0.2) is 15.0 Å². The van der Waals surface area contributed by atoms with Gasteiger partial charge in [-0.3, -0.25) is 0 Å². The van der Waals surface area contributed by atoms with Crippen molar-refractivity contribution in [1.82, 2.24) is 29.4 Å². The minimum Gasteiger partial charge on any atom is -0.393 e. The number of benzene rings is 1. The van der Waals surface area contributed by atoms with E-state index in [4.69, 9.17) is 22.3 Å². The molecule has 3 unspecified atom stereocenters. The van der Waals surface area contributed by atoms with Crippen molar-refractivity contribution in [2.45, 2.75) is 63.6 Å². The van der Waals surface area contributed by atoms with Crippen LogP contribution < -0.4 is 5.73 Å². The topological polar surface area (TPSA) is 109 Å². The van der Waals surface area contributed by atoms with Crippen molar-refractivity contribution >= 4 is 39.5 Å². The summed E-state index contributed by atoms with van der Waals surface area (Å²) in [5.41, 5.74) is 9.95. The summed E-state index contributed by atoms with van der Waals surface area (Å²) in [4.78, 5) is 19.2. The van der Waals surface area contributed by atoms with Crippen molar-refractivity contribution in [3.8, 4) is 0 Å². The maximum Gasteiger partial charge on any atom is 0.145 e. The number of hydrogen-bond donors (Lipinski definition) is 3. The van der Waals surface area contributed by atoms with Crippen molar-refractivity contribution in [2.75, 3.05) is 19.3 Å². The first-order chi connectivity index (χ1) is 17.4. The minimum absolute atomic E-state index is 0.238. The van der Waals surface area contributed by atoms with Gasteiger partial charge in [0.05, 0.1) is 22.5 Å². The first-order valence-electron chi connectivity index (χ1n) is 13.0. The average Bonchev–Trinajstić information content (AvgIpc) is 3.50. The lowest BCUT2D eigenvalue weighted by Crippen LogP contribution is -2.45. The highest BCUT2D eigenvalue weighted by molar-refractivity contribution is 6.32. The zero-order valence-electron chi connectivity index (χ0n) is 20.9. The lowest BCUT2D eigenvalue weighted by atomic mass is 9.76. The van der Waals surface area contributed by atoms with Crippen molar-refractivity contribution in [2.24, 2.45) is 11.8 Å². The Kier molecular flexibility index (Phi) is 6.14. The number of H-pyrrole nitrogens is 1. The summed E-state index contributed by atoms with van der Waals surface area (Å²) in [6, 6.07) is 6.84. The SMILES string of the molecule is Cc1cc2[nH]c(CCC3CC(N(C)CC4CC(n5ccc6c(N)ncnc65)CC4O)C3)nc2cc1Cl. The molecule has 1 aromatic carbocycles. The summed E-state index contributed by atoms with van der Waals surface area (Å²) < 4.78 is 2.17. The molecule has 2 aliphatic carbocycles. The van der Waals surface area contributed by atoms with Gasteiger partial charge in [0.1, 0.15) is 23.6 Å². The van der Waals surface area contributed by atoms with Crippen molar-refractivity contribution in [3.05, 3.63) is 47.1 Å². The lowest BCUT2D eigenvalue weighted by molar-refractivity contribution is 0.0529. The van der Waals surface area contributed by atoms with Crippen molar-refractivity contribution in [3.63, 3.8) is 0 Å². The predicted molar refractivity (Wildman–Crippen MR) is 143 cm³/mol. The summed E-state index contributed by atoms with van der Waals surface area (Å²) in [5, 5.41) is 12.5. The first kappa shape index (κ1) is 23.7. The third-order valence-electron chi connectivity index (χ3n) is 8.52. The van der Waals surface area contributed by atoms with Gasteiger partial charge >= 0.3 is 0 Å². The Balaban J connectivity index is 0.999. The second-order valence-corrected chi connectivity index (χ2v) is 11.4. The van der Waals surface area contributed by atoms with E-state index in [1.54, 1.807) is 0 Å². The number of aliphatic hydroxyl groups is 1. The number of nitrogens with one attached hydrogen (secondary N) is 1. The number of nitrogen functional groups attached to an aromatic ring is 1. The van der Waals surface area contributed by atoms with Crippen LogP contribution in [0.1, 0.15) is 49.5 Å². The molecule has 0 saturated heterocycles. The van der Waals surface area contributed by atoms with E-state index in [0.717, 1.165) is 76.6 Å². The molecule has 0 amide bonds. The third-order valence-corrected chi connectivity index (χ3v) is 8.93. The van der Waals surface area contributed by atoms with Crippen LogP contribution in [-0.2, 0) is 6.42 Å². The molecular weight excluding hydrogens is 474 g/mol. The molecule has 6 rings (SSSR count). The molecule has 0 aliphatic heterocycles. The molecule has 36 heavy (non-hydrogen) atoms. The van der Waals surface area contributed by atoms with Gasteiger partial charge in [-0.05, 0) is 81.7 Å². The standard InChI is InChI=1S/C27H34ClN7O/c1-15-7-22-23(12-21(15)28)33-25(32-22)4-3-16-8-18(9-16)34(2)13-17-10-19(11-24(17)36)35-6-5-20-26(29)30-14-31-27(20)35/h5-7,12,14,16-19,24,36H,3-4,8-11,13H2,1-2H3,(H,32,33)(H2,29,30,31). The molecule has 0 radical (unpaired) electrons. The quantitative estimate of drug-likeness (QED) is 0.339. The molecule has 0 bridgehead atoms. The number of hydrogen-bond acceptors (Lipinski definition) is 6. The third kappa shape index (κ3) is 4.35. The summed E-state index contributed by atoms with van der Waals surface area (Å²) in [7, 11) is 2.21. The zero-order valence-corrected chi connectivity index (χ0v) is 21.6. The van der Waals surface area contributed by atoms with E-state index < -0.39 is 0 Å². The maximum atomic E-state index is 10.8. The largest absolute Gasteiger partial charge is 0.393 e. The molecule has 3 atom stereocenters. The number of aryl methyl sites for hydroxylation is 2. The van der Waals surface area contributed by atoms with Gasteiger partial charge < -0.3 is 25.3 Å². The van der Waals surface area contributed by atoms with Gasteiger partial charge in [-0.2, -0.15) is 0 Å². The highest BCUT2D eigenvalue weighted by atomic mass is 35.5. The van der Waals surface area contributed by atoms with Crippen molar-refractivity contribution < 1.29 is 5.11 Å². The van der Waals surface area contributed by atoms with Crippen LogP contribution in [0.4, 0.5) is 5.82 Å². The number of imidazole rings is 1. The van der Waals surface area contributed by atoms with Gasteiger partial charge in [0.15, 0.2) is 0 Å². The summed E-state index contributed by atoms with van der Waals surface area (Å²) in [6.45, 7) is 2.95. The number of fused-ring (bicyclic) bond motifs is 2. The molecule has 8 nitrogen and oxygen atoms in total. The van der Waals surface area contributed by atoms with Gasteiger partial charge in [-0.15, -0.1) is 0 Å². The molecule has 0 spiro atoms. The fraction of sp³-hybridized carbons (Fsp3) is 0.519. The fourth-order valence-corrected chi connectivity index (χ4v) is 6.41. The van der Waals surface area contributed by atoms with E-state index in [1.165, 1.54) is 19.2 Å². The Bertz CT molecular complexity index is 1350. The molecule has 2 fully saturated rings. The molecule has 3 heterocycles. The molecule has 9 heteroatoms. The Morgan fingerprint density at radius 3 is 2.89 bits per heavy atom. The van der Waals surface area contributed by atoms with Gasteiger partial charge in [0.25, 0.3) is 0 Å². The number of nitrogens with two attached hydrogens (primary N) is 1. The number of anilines is 1. The van der Waals surface area contributed by atoms with Crippen LogP contribution in [0.5, 0.6) is 0 Å². The van der Waals surface area contributed by atoms with Gasteiger partial charge in [0.2, 0.25) is 0 Å². The summed E-state index contributed by atoms with van der Waals surface area (Å²) in [5.74, 6) is 2.55. The lowest BCUT2D eigenvalue weighted by Gasteiger charge is -2.42. The highest BCUT2D eigenvalue weighted by Gasteiger charge is 2.38. The fourth-order valence-electron chi connectivity index (χ4n) is 6.25. The Labute approximate surface area is 215 Å². The van der Waals surface area contributed by atoms with Crippen LogP contribution in [0, 0.1) is 18.8 Å². The number of aromatic amines is 1. The van der Waals surface area contributed by atoms with E-state index in [1.807, 2.05) is 25.3 Å². The second-order valence-electron chi connectivity index (χ2n) is 10.9. The van der Waals surface area contributed by atoms with Gasteiger partial charge in [0, 0.05) is 36.3 Å². The van der Waals surface area contributed by atoms with E-state index in [9.17, 15) is 5.11 Å². The molecule has 4 N–H and O–H groups in total. The first-order valence-corrected chi connectivity index (χ1v) is 13.3. The van der Waals surface area contributed by atoms with Crippen LogP contribution in [0.25, 0.3) is 22.1 Å². The Hall–Kier alpha value is -2.68. The van der Waals surface area contributed by atoms with E-state index >= 15 is 0 Å².